The lowest BCUT2D eigenvalue weighted by Gasteiger charge is -2.25. The molecule has 1 aromatic carbocycles. The zero-order valence-electron chi connectivity index (χ0n) is 16.1. The third-order valence-electron chi connectivity index (χ3n) is 4.82. The number of amides is 2. The summed E-state index contributed by atoms with van der Waals surface area (Å²) in [5.74, 6) is 0. The van der Waals surface area contributed by atoms with E-state index in [0.717, 1.165) is 49.1 Å². The third kappa shape index (κ3) is 4.27. The van der Waals surface area contributed by atoms with Crippen molar-refractivity contribution in [1.82, 2.24) is 4.98 Å². The molecule has 0 aliphatic heterocycles. The molecule has 2 aliphatic carbocycles. The number of aliphatic hydroxyl groups is 1. The Morgan fingerprint density at radius 3 is 2.54 bits per heavy atom. The van der Waals surface area contributed by atoms with Crippen LogP contribution in [0.25, 0.3) is 0 Å². The highest BCUT2D eigenvalue weighted by Gasteiger charge is 2.26. The van der Waals surface area contributed by atoms with Gasteiger partial charge in [-0.15, -0.1) is 21.9 Å². The van der Waals surface area contributed by atoms with E-state index >= 15 is 0 Å². The van der Waals surface area contributed by atoms with Gasteiger partial charge in [-0.3, -0.25) is 0 Å². The van der Waals surface area contributed by atoms with E-state index in [1.54, 1.807) is 20.1 Å². The minimum atomic E-state index is -1.84. The minimum absolute atomic E-state index is 0.351. The van der Waals surface area contributed by atoms with Crippen LogP contribution in [0.4, 0.5) is 10.5 Å². The van der Waals surface area contributed by atoms with Gasteiger partial charge in [-0.05, 0) is 78.7 Å². The molecule has 2 amide bonds. The topological polar surface area (TPSA) is 91.7 Å². The number of nitrogens with zero attached hydrogens (tertiary/aromatic N) is 2. The molecular formula is C19H24N3O3S3-. The molecule has 0 atom stereocenters. The monoisotopic (exact) mass is 438 g/mol. The van der Waals surface area contributed by atoms with Gasteiger partial charge in [-0.1, -0.05) is 6.07 Å². The van der Waals surface area contributed by atoms with Gasteiger partial charge in [0.2, 0.25) is 0 Å². The van der Waals surface area contributed by atoms with Gasteiger partial charge >= 0.3 is 6.03 Å². The molecule has 0 saturated carbocycles. The molecule has 2 N–H and O–H groups in total. The standard InChI is InChI=1S/C18H20N3O3S2.CH4S/c1-18(2,23)16-19-9-14(25-16)26(24)21-17(22)20-15-12-5-3-4-10(12)8-11-6-7-13(11)15;1-2/h8-9,23H,3-7H2,1-2H3,(H,20,22);2H,1H3/q-1;. The fourth-order valence-corrected chi connectivity index (χ4v) is 5.18. The second-order valence-electron chi connectivity index (χ2n) is 7.19. The second kappa shape index (κ2) is 8.52. The lowest BCUT2D eigenvalue weighted by atomic mass is 9.83. The summed E-state index contributed by atoms with van der Waals surface area (Å²) in [6, 6.07) is 1.66. The number of nitrogens with one attached hydrogen (secondary N) is 1. The van der Waals surface area contributed by atoms with Crippen molar-refractivity contribution in [3.63, 3.8) is 0 Å². The van der Waals surface area contributed by atoms with E-state index in [-0.39, 0.29) is 0 Å². The lowest BCUT2D eigenvalue weighted by Crippen LogP contribution is -2.18. The van der Waals surface area contributed by atoms with Gasteiger partial charge < -0.3 is 19.0 Å². The smallest absolute Gasteiger partial charge is 0.322 e. The van der Waals surface area contributed by atoms with Crippen LogP contribution in [-0.2, 0) is 46.1 Å². The predicted molar refractivity (Wildman–Crippen MR) is 116 cm³/mol. The molecule has 6 nitrogen and oxygen atoms in total. The number of carbonyl (C=O) groups is 1. The van der Waals surface area contributed by atoms with Crippen molar-refractivity contribution in [3.05, 3.63) is 39.5 Å². The Kier molecular flexibility index (Phi) is 6.48. The molecule has 0 radical (unpaired) electrons. The molecule has 0 bridgehead atoms. The lowest BCUT2D eigenvalue weighted by molar-refractivity contribution is 0.0783. The number of fused-ring (bicyclic) bond motifs is 2. The van der Waals surface area contributed by atoms with Crippen LogP contribution in [0.2, 0.25) is 0 Å². The molecule has 0 fully saturated rings. The van der Waals surface area contributed by atoms with E-state index in [4.69, 9.17) is 0 Å². The van der Waals surface area contributed by atoms with E-state index in [0.29, 0.717) is 9.22 Å². The fraction of sp³-hybridized carbons (Fsp3) is 0.474. The summed E-state index contributed by atoms with van der Waals surface area (Å²) < 4.78 is 16.5. The molecule has 0 spiro atoms. The number of rotatable bonds is 3. The number of aryl methyl sites for hydroxylation is 2. The molecule has 9 heteroatoms. The average molecular weight is 439 g/mol. The quantitative estimate of drug-likeness (QED) is 0.494. The number of anilines is 1. The molecule has 1 aromatic heterocycles. The van der Waals surface area contributed by atoms with Gasteiger partial charge in [-0.25, -0.2) is 9.78 Å². The fourth-order valence-electron chi connectivity index (χ4n) is 3.47. The molecule has 0 saturated heterocycles. The Morgan fingerprint density at radius 2 is 1.93 bits per heavy atom. The number of carbonyl (C=O) groups excluding carboxylic acids is 1. The Hall–Kier alpha value is -1.42. The third-order valence-corrected chi connectivity index (χ3v) is 7.39. The van der Waals surface area contributed by atoms with Crippen LogP contribution in [-0.4, -0.2) is 22.4 Å². The second-order valence-corrected chi connectivity index (χ2v) is 9.60. The number of hydrogen-bond donors (Lipinski definition) is 3. The molecule has 0 unspecified atom stereocenters. The first kappa shape index (κ1) is 21.3. The Bertz CT molecular complexity index is 986. The molecule has 1 heterocycles. The maximum Gasteiger partial charge on any atom is 0.322 e. The summed E-state index contributed by atoms with van der Waals surface area (Å²) in [4.78, 5) is 16.4. The first-order valence-electron chi connectivity index (χ1n) is 9.07. The first-order valence-corrected chi connectivity index (χ1v) is 11.9. The van der Waals surface area contributed by atoms with Crippen molar-refractivity contribution in [2.75, 3.05) is 11.6 Å². The van der Waals surface area contributed by atoms with E-state index in [1.165, 1.54) is 28.5 Å². The van der Waals surface area contributed by atoms with Crippen LogP contribution in [0.1, 0.15) is 47.5 Å². The first-order chi connectivity index (χ1) is 13.3. The molecule has 2 aromatic rings. The Morgan fingerprint density at radius 1 is 1.25 bits per heavy atom. The highest BCUT2D eigenvalue weighted by atomic mass is 32.2. The Balaban J connectivity index is 0.00000109. The van der Waals surface area contributed by atoms with Gasteiger partial charge in [-0.2, -0.15) is 12.6 Å². The van der Waals surface area contributed by atoms with E-state index in [1.807, 2.05) is 0 Å². The maximum atomic E-state index is 12.4. The van der Waals surface area contributed by atoms with Crippen molar-refractivity contribution in [2.45, 2.75) is 55.8 Å². The average Bonchev–Trinajstić information content (AvgIpc) is 3.28. The summed E-state index contributed by atoms with van der Waals surface area (Å²) in [7, 11) is -1.84. The maximum absolute atomic E-state index is 12.4. The summed E-state index contributed by atoms with van der Waals surface area (Å²) in [5.41, 5.74) is 4.80. The van der Waals surface area contributed by atoms with Gasteiger partial charge in [0, 0.05) is 11.9 Å². The molecule has 4 rings (SSSR count). The van der Waals surface area contributed by atoms with Gasteiger partial charge in [0.05, 0.1) is 0 Å². The predicted octanol–water partition coefficient (Wildman–Crippen LogP) is 4.24. The van der Waals surface area contributed by atoms with Crippen molar-refractivity contribution in [1.29, 1.82) is 0 Å². The van der Waals surface area contributed by atoms with Crippen LogP contribution in [0, 0.1) is 0 Å². The zero-order chi connectivity index (χ0) is 20.5. The number of hydrogen-bond acceptors (Lipinski definition) is 7. The van der Waals surface area contributed by atoms with E-state index < -0.39 is 22.2 Å². The van der Waals surface area contributed by atoms with Crippen LogP contribution in [0.3, 0.4) is 0 Å². The van der Waals surface area contributed by atoms with Crippen LogP contribution < -0.4 is 5.32 Å². The molecule has 28 heavy (non-hydrogen) atoms. The SMILES string of the molecule is CC(C)(O)c1ncc([S-](=O)=NC(=O)Nc2c3c(cc4c2CC4)CCC3)s1.CS. The summed E-state index contributed by atoms with van der Waals surface area (Å²) >= 11 is 4.63. The van der Waals surface area contributed by atoms with E-state index in [2.05, 4.69) is 33.4 Å². The van der Waals surface area contributed by atoms with Crippen LogP contribution in [0.15, 0.2) is 20.8 Å². The summed E-state index contributed by atoms with van der Waals surface area (Å²) in [6.45, 7) is 3.21. The largest absolute Gasteiger partial charge is 0.439 e. The van der Waals surface area contributed by atoms with Gasteiger partial charge in [0.25, 0.3) is 0 Å². The van der Waals surface area contributed by atoms with Crippen molar-refractivity contribution < 1.29 is 14.1 Å². The molecule has 152 valence electrons. The summed E-state index contributed by atoms with van der Waals surface area (Å²) in [5, 5.41) is 13.3. The number of benzene rings is 1. The molecular weight excluding hydrogens is 414 g/mol. The van der Waals surface area contributed by atoms with Crippen molar-refractivity contribution >= 4 is 46.3 Å². The highest BCUT2D eigenvalue weighted by Crippen LogP contribution is 2.39. The van der Waals surface area contributed by atoms with Crippen molar-refractivity contribution in [2.24, 2.45) is 4.36 Å². The van der Waals surface area contributed by atoms with E-state index in [9.17, 15) is 14.1 Å². The van der Waals surface area contributed by atoms with Crippen molar-refractivity contribution in [3.8, 4) is 0 Å². The Labute approximate surface area is 176 Å². The molecule has 2 aliphatic rings. The number of aromatic nitrogens is 1. The normalized spacial score (nSPS) is 15.8. The minimum Gasteiger partial charge on any atom is -0.439 e. The van der Waals surface area contributed by atoms with Crippen LogP contribution in [0.5, 0.6) is 0 Å². The highest BCUT2D eigenvalue weighted by molar-refractivity contribution is 7.79. The summed E-state index contributed by atoms with van der Waals surface area (Å²) in [6.07, 6.45) is 8.23. The van der Waals surface area contributed by atoms with Gasteiger partial charge in [0.15, 0.2) is 0 Å². The number of thiazole rings is 1. The van der Waals surface area contributed by atoms with Crippen LogP contribution >= 0.6 is 24.0 Å². The number of thiol groups is 1. The zero-order valence-corrected chi connectivity index (χ0v) is 18.6. The number of urea groups is 1. The van der Waals surface area contributed by atoms with Gasteiger partial charge in [0.1, 0.15) is 10.6 Å².